The Morgan fingerprint density at radius 2 is 1.46 bits per heavy atom. The van der Waals surface area contributed by atoms with Crippen molar-refractivity contribution in [1.29, 1.82) is 0 Å². The number of ether oxygens (including phenoxy) is 1. The Balaban J connectivity index is 2.03. The molecule has 226 valence electrons. The Bertz CT molecular complexity index is 1240. The monoisotopic (exact) mass is 600 g/mol. The molecule has 3 rings (SSSR count). The third kappa shape index (κ3) is 8.19. The number of halogens is 9. The normalized spacial score (nSPS) is 16.2. The van der Waals surface area contributed by atoms with Gasteiger partial charge in [0.1, 0.15) is 0 Å². The summed E-state index contributed by atoms with van der Waals surface area (Å²) in [6, 6.07) is 2.52. The van der Waals surface area contributed by atoms with Crippen LogP contribution in [-0.4, -0.2) is 35.7 Å². The van der Waals surface area contributed by atoms with E-state index in [1.54, 1.807) is 0 Å². The van der Waals surface area contributed by atoms with Crippen LogP contribution in [0.25, 0.3) is 0 Å². The lowest BCUT2D eigenvalue weighted by Gasteiger charge is -2.31. The van der Waals surface area contributed by atoms with Crippen molar-refractivity contribution >= 4 is 17.7 Å². The minimum Gasteiger partial charge on any atom is -0.430 e. The molecule has 0 radical (unpaired) electrons. The topological polar surface area (TPSA) is 59.1 Å². The summed E-state index contributed by atoms with van der Waals surface area (Å²) in [7, 11) is 0. The van der Waals surface area contributed by atoms with Crippen molar-refractivity contribution in [3.63, 3.8) is 0 Å². The highest BCUT2D eigenvalue weighted by Gasteiger charge is 2.38. The van der Waals surface area contributed by atoms with Gasteiger partial charge in [-0.05, 0) is 74.2 Å². The Kier molecular flexibility index (Phi) is 9.08. The summed E-state index contributed by atoms with van der Waals surface area (Å²) in [6.07, 6.45) is -17.1. The first-order chi connectivity index (χ1) is 18.8. The summed E-state index contributed by atoms with van der Waals surface area (Å²) in [4.78, 5) is 30.9. The molecule has 0 saturated carbocycles. The molecule has 6 nitrogen and oxygen atoms in total. The van der Waals surface area contributed by atoms with Crippen LogP contribution in [0.15, 0.2) is 36.4 Å². The van der Waals surface area contributed by atoms with Crippen LogP contribution >= 0.6 is 0 Å². The van der Waals surface area contributed by atoms with Crippen molar-refractivity contribution in [3.8, 4) is 0 Å². The number of hydrogen-bond acceptors (Lipinski definition) is 5. The summed E-state index contributed by atoms with van der Waals surface area (Å²) >= 11 is 0. The summed E-state index contributed by atoms with van der Waals surface area (Å²) in [5.41, 5.74) is -4.66. The fraction of sp³-hybridized carbons (Fsp3) is 0.462. The van der Waals surface area contributed by atoms with E-state index in [9.17, 15) is 49.1 Å². The van der Waals surface area contributed by atoms with E-state index in [1.165, 1.54) is 13.8 Å². The maximum absolute atomic E-state index is 13.5. The second-order valence-corrected chi connectivity index (χ2v) is 9.66. The summed E-state index contributed by atoms with van der Waals surface area (Å²) in [6.45, 7) is 3.22. The first-order valence-electron chi connectivity index (χ1n) is 12.2. The predicted octanol–water partition coefficient (Wildman–Crippen LogP) is 7.39. The highest BCUT2D eigenvalue weighted by molar-refractivity contribution is 5.74. The first-order valence-corrected chi connectivity index (χ1v) is 12.2. The number of fused-ring (bicyclic) bond motifs is 1. The molecular formula is C26H25F9N2O4. The number of hydroxylamine groups is 1. The zero-order valence-electron chi connectivity index (χ0n) is 21.9. The molecule has 1 heterocycles. The maximum atomic E-state index is 13.5. The molecule has 2 aromatic rings. The lowest BCUT2D eigenvalue weighted by molar-refractivity contribution is -0.143. The molecule has 1 aliphatic rings. The predicted molar refractivity (Wildman–Crippen MR) is 126 cm³/mol. The number of carbonyl (C=O) groups is 2. The fourth-order valence-corrected chi connectivity index (χ4v) is 4.38. The molecular weight excluding hydrogens is 575 g/mol. The summed E-state index contributed by atoms with van der Waals surface area (Å²) in [5.74, 6) is -0.747. The van der Waals surface area contributed by atoms with Gasteiger partial charge in [0.05, 0.1) is 35.0 Å². The number of benzene rings is 2. The van der Waals surface area contributed by atoms with Crippen LogP contribution in [0.5, 0.6) is 0 Å². The number of alkyl halides is 9. The van der Waals surface area contributed by atoms with Gasteiger partial charge in [0.2, 0.25) is 5.91 Å². The Labute approximate surface area is 228 Å². The third-order valence-corrected chi connectivity index (χ3v) is 6.16. The van der Waals surface area contributed by atoms with E-state index in [2.05, 4.69) is 0 Å². The SMILES string of the molecule is CC(=O)N(Cc1cc(C(F)(F)F)cc(C(F)(F)F)c1)C1CCN(OC(=O)OC(C)C)c2ccc(C(F)(F)F)cc2C1. The maximum Gasteiger partial charge on any atom is 0.533 e. The van der Waals surface area contributed by atoms with Crippen LogP contribution in [0.1, 0.15) is 55.0 Å². The van der Waals surface area contributed by atoms with Gasteiger partial charge in [-0.3, -0.25) is 4.79 Å². The number of nitrogens with zero attached hydrogens (tertiary/aromatic N) is 2. The van der Waals surface area contributed by atoms with Gasteiger partial charge >= 0.3 is 24.7 Å². The fourth-order valence-electron chi connectivity index (χ4n) is 4.38. The molecule has 1 aliphatic heterocycles. The van der Waals surface area contributed by atoms with Gasteiger partial charge in [-0.15, -0.1) is 0 Å². The van der Waals surface area contributed by atoms with E-state index in [-0.39, 0.29) is 36.7 Å². The highest BCUT2D eigenvalue weighted by atomic mass is 19.4. The van der Waals surface area contributed by atoms with Crippen molar-refractivity contribution in [1.82, 2.24) is 4.90 Å². The van der Waals surface area contributed by atoms with Gasteiger partial charge in [-0.2, -0.15) is 39.5 Å². The molecule has 2 aromatic carbocycles. The molecule has 0 aliphatic carbocycles. The Morgan fingerprint density at radius 1 is 0.902 bits per heavy atom. The van der Waals surface area contributed by atoms with E-state index < -0.39 is 71.5 Å². The van der Waals surface area contributed by atoms with Gasteiger partial charge in [0.25, 0.3) is 0 Å². The van der Waals surface area contributed by atoms with Crippen molar-refractivity contribution in [3.05, 3.63) is 64.2 Å². The van der Waals surface area contributed by atoms with Crippen LogP contribution < -0.4 is 5.06 Å². The molecule has 0 spiro atoms. The molecule has 1 unspecified atom stereocenters. The van der Waals surface area contributed by atoms with Gasteiger partial charge in [-0.25, -0.2) is 9.86 Å². The van der Waals surface area contributed by atoms with Crippen molar-refractivity contribution in [2.24, 2.45) is 0 Å². The molecule has 0 N–H and O–H groups in total. The van der Waals surface area contributed by atoms with Gasteiger partial charge in [-0.1, -0.05) is 0 Å². The van der Waals surface area contributed by atoms with Crippen molar-refractivity contribution in [2.75, 3.05) is 11.6 Å². The number of hydrogen-bond donors (Lipinski definition) is 0. The van der Waals surface area contributed by atoms with Crippen molar-refractivity contribution in [2.45, 2.75) is 70.8 Å². The number of rotatable bonds is 5. The smallest absolute Gasteiger partial charge is 0.430 e. The average molecular weight is 600 g/mol. The largest absolute Gasteiger partial charge is 0.533 e. The van der Waals surface area contributed by atoms with E-state index in [1.807, 2.05) is 0 Å². The highest BCUT2D eigenvalue weighted by Crippen LogP contribution is 2.38. The van der Waals surface area contributed by atoms with Crippen LogP contribution in [-0.2, 0) is 45.9 Å². The second kappa shape index (κ2) is 11.7. The molecule has 0 aromatic heterocycles. The third-order valence-electron chi connectivity index (χ3n) is 6.16. The summed E-state index contributed by atoms with van der Waals surface area (Å²) in [5, 5.41) is 0.977. The molecule has 0 fully saturated rings. The molecule has 1 amide bonds. The zero-order chi connectivity index (χ0) is 30.9. The van der Waals surface area contributed by atoms with E-state index in [4.69, 9.17) is 9.57 Å². The zero-order valence-corrected chi connectivity index (χ0v) is 21.9. The lowest BCUT2D eigenvalue weighted by atomic mass is 9.98. The Hall–Kier alpha value is -3.65. The molecule has 41 heavy (non-hydrogen) atoms. The minimum atomic E-state index is -5.12. The lowest BCUT2D eigenvalue weighted by Crippen LogP contribution is -2.41. The van der Waals surface area contributed by atoms with Crippen molar-refractivity contribution < 1.29 is 58.7 Å². The van der Waals surface area contributed by atoms with E-state index >= 15 is 0 Å². The second-order valence-electron chi connectivity index (χ2n) is 9.66. The number of amides is 1. The quantitative estimate of drug-likeness (QED) is 0.265. The standard InChI is InChI=1S/C26H25F9N2O4/c1-14(2)40-23(39)41-37-7-6-21(11-17-10-18(24(27,28)29)4-5-22(17)37)36(15(3)38)13-16-8-19(25(30,31)32)12-20(9-16)26(33,34)35/h4-5,8-10,12,14,21H,6-7,11,13H2,1-3H3. The van der Waals surface area contributed by atoms with Gasteiger partial charge in [0.15, 0.2) is 0 Å². The van der Waals surface area contributed by atoms with Crippen LogP contribution in [0, 0.1) is 0 Å². The van der Waals surface area contributed by atoms with E-state index in [0.717, 1.165) is 35.1 Å². The Morgan fingerprint density at radius 3 is 1.95 bits per heavy atom. The van der Waals surface area contributed by atoms with Gasteiger partial charge < -0.3 is 14.5 Å². The number of anilines is 1. The molecule has 0 bridgehead atoms. The molecule has 0 saturated heterocycles. The minimum absolute atomic E-state index is 0.0223. The number of carbonyl (C=O) groups excluding carboxylic acids is 2. The molecule has 1 atom stereocenters. The van der Waals surface area contributed by atoms with Crippen LogP contribution in [0.4, 0.5) is 50.0 Å². The average Bonchev–Trinajstić information content (AvgIpc) is 2.99. The van der Waals surface area contributed by atoms with Crippen LogP contribution in [0.2, 0.25) is 0 Å². The summed E-state index contributed by atoms with van der Waals surface area (Å²) < 4.78 is 126. The van der Waals surface area contributed by atoms with Crippen LogP contribution in [0.3, 0.4) is 0 Å². The molecule has 15 heteroatoms. The van der Waals surface area contributed by atoms with E-state index in [0.29, 0.717) is 12.1 Å². The first kappa shape index (κ1) is 31.9. The van der Waals surface area contributed by atoms with Gasteiger partial charge in [0, 0.05) is 19.5 Å².